The molecule has 0 nitrogen and oxygen atoms in total. The molecule has 0 radical (unpaired) electrons. The van der Waals surface area contributed by atoms with Crippen LogP contribution in [-0.2, 0) is 0 Å². The molecule has 0 bridgehead atoms. The van der Waals surface area contributed by atoms with E-state index < -0.39 is 0 Å². The first-order chi connectivity index (χ1) is 4.13. The monoisotopic (exact) mass is 162 g/mol. The Hall–Kier alpha value is 1.12. The summed E-state index contributed by atoms with van der Waals surface area (Å²) < 4.78 is 0. The van der Waals surface area contributed by atoms with Crippen molar-refractivity contribution in [2.24, 2.45) is 0 Å². The second-order valence-corrected chi connectivity index (χ2v) is 2.99. The van der Waals surface area contributed by atoms with Crippen LogP contribution in [0.1, 0.15) is 34.1 Å². The molecule has 0 spiro atoms. The topological polar surface area (TPSA) is 0 Å². The van der Waals surface area contributed by atoms with Crippen LogP contribution >= 0.6 is 0 Å². The number of allylic oxidation sites excluding steroid dienone is 4. The van der Waals surface area contributed by atoms with Crippen molar-refractivity contribution in [3.05, 3.63) is 22.3 Å². The molecule has 1 heteroatoms. The third kappa shape index (κ3) is 2.05. The van der Waals surface area contributed by atoms with E-state index in [1.807, 2.05) is 0 Å². The zero-order valence-corrected chi connectivity index (χ0v) is 6.71. The van der Waals surface area contributed by atoms with E-state index in [4.69, 9.17) is 0 Å². The third-order valence-electron chi connectivity index (χ3n) is 2.37. The van der Waals surface area contributed by atoms with Gasteiger partial charge in [-0.1, -0.05) is 11.1 Å². The molecule has 0 aliphatic heterocycles. The summed E-state index contributed by atoms with van der Waals surface area (Å²) in [5.74, 6) is 0. The van der Waals surface area contributed by atoms with Crippen LogP contribution in [0.2, 0.25) is 0 Å². The molecular weight excluding hydrogens is 147 g/mol. The first kappa shape index (κ1) is 11.1. The Morgan fingerprint density at radius 1 is 0.800 bits per heavy atom. The summed E-state index contributed by atoms with van der Waals surface area (Å²) in [6.45, 7) is 8.85. The van der Waals surface area contributed by atoms with Crippen molar-refractivity contribution in [3.63, 3.8) is 0 Å². The van der Waals surface area contributed by atoms with Gasteiger partial charge in [-0.05, 0) is 45.3 Å². The van der Waals surface area contributed by atoms with E-state index in [1.54, 1.807) is 11.1 Å². The maximum atomic E-state index is 2.22. The zero-order valence-electron chi connectivity index (χ0n) is 6.71. The molecule has 1 aliphatic carbocycles. The van der Waals surface area contributed by atoms with E-state index in [9.17, 15) is 0 Å². The molecule has 0 aromatic heterocycles. The van der Waals surface area contributed by atoms with Crippen LogP contribution in [0.3, 0.4) is 0 Å². The van der Waals surface area contributed by atoms with Gasteiger partial charge in [0.15, 0.2) is 0 Å². The van der Waals surface area contributed by atoms with Crippen molar-refractivity contribution in [1.82, 2.24) is 0 Å². The van der Waals surface area contributed by atoms with Crippen LogP contribution in [0.4, 0.5) is 0 Å². The fraction of sp³-hybridized carbons (Fsp3) is 0.556. The summed E-state index contributed by atoms with van der Waals surface area (Å²) in [6.07, 6.45) is 1.21. The zero-order chi connectivity index (χ0) is 7.02. The van der Waals surface area contributed by atoms with E-state index in [2.05, 4.69) is 27.7 Å². The van der Waals surface area contributed by atoms with Crippen molar-refractivity contribution < 1.29 is 0 Å². The van der Waals surface area contributed by atoms with E-state index in [1.165, 1.54) is 17.6 Å². The Labute approximate surface area is 106 Å². The average Bonchev–Trinajstić information content (AvgIpc) is 1.98. The molecule has 0 unspecified atom stereocenters. The van der Waals surface area contributed by atoms with Gasteiger partial charge in [-0.25, -0.2) is 0 Å². The van der Waals surface area contributed by atoms with Gasteiger partial charge >= 0.3 is 51.4 Å². The molecule has 0 heterocycles. The van der Waals surface area contributed by atoms with Gasteiger partial charge in [0.2, 0.25) is 0 Å². The molecule has 0 atom stereocenters. The van der Waals surface area contributed by atoms with Crippen molar-refractivity contribution in [3.8, 4) is 0 Å². The fourth-order valence-electron chi connectivity index (χ4n) is 1.30. The number of rotatable bonds is 0. The Morgan fingerprint density at radius 3 is 1.20 bits per heavy atom. The van der Waals surface area contributed by atoms with Gasteiger partial charge in [0.25, 0.3) is 0 Å². The van der Waals surface area contributed by atoms with Gasteiger partial charge in [-0.15, -0.1) is 0 Å². The normalized spacial score (nSPS) is 18.0. The molecule has 0 saturated carbocycles. The Morgan fingerprint density at radius 2 is 1.10 bits per heavy atom. The summed E-state index contributed by atoms with van der Waals surface area (Å²) >= 11 is 0. The number of hydrogen-bond acceptors (Lipinski definition) is 0. The Balaban J connectivity index is 0.000000810. The SMILES string of the molecule is CC1=C(C)C(C)=C(C)C1.[KH]. The van der Waals surface area contributed by atoms with Crippen molar-refractivity contribution >= 4 is 51.4 Å². The second kappa shape index (κ2) is 4.22. The first-order valence-electron chi connectivity index (χ1n) is 3.46. The minimum atomic E-state index is 0. The molecule has 0 fully saturated rings. The molecule has 0 N–H and O–H groups in total. The molecule has 52 valence electrons. The minimum absolute atomic E-state index is 0. The van der Waals surface area contributed by atoms with Crippen molar-refractivity contribution in [2.45, 2.75) is 34.1 Å². The van der Waals surface area contributed by atoms with Crippen molar-refractivity contribution in [2.75, 3.05) is 0 Å². The summed E-state index contributed by atoms with van der Waals surface area (Å²) in [6, 6.07) is 0. The summed E-state index contributed by atoms with van der Waals surface area (Å²) in [5, 5.41) is 0. The van der Waals surface area contributed by atoms with Crippen LogP contribution in [0.15, 0.2) is 22.3 Å². The van der Waals surface area contributed by atoms with Crippen LogP contribution in [0.25, 0.3) is 0 Å². The van der Waals surface area contributed by atoms with E-state index in [0.29, 0.717) is 0 Å². The number of hydrogen-bond donors (Lipinski definition) is 0. The van der Waals surface area contributed by atoms with Crippen LogP contribution in [0.5, 0.6) is 0 Å². The Kier molecular flexibility index (Phi) is 4.69. The Bertz CT molecular complexity index is 175. The van der Waals surface area contributed by atoms with E-state index >= 15 is 0 Å². The molecular formula is C9H15K. The summed E-state index contributed by atoms with van der Waals surface area (Å²) in [4.78, 5) is 0. The van der Waals surface area contributed by atoms with Gasteiger partial charge in [0.1, 0.15) is 0 Å². The standard InChI is InChI=1S/C9H14.K.H/c1-6-5-7(2)9(4)8(6)3;;/h5H2,1-4H3;;. The summed E-state index contributed by atoms with van der Waals surface area (Å²) in [5.41, 5.74) is 6.11. The van der Waals surface area contributed by atoms with Crippen LogP contribution in [0, 0.1) is 0 Å². The molecule has 1 rings (SSSR count). The fourth-order valence-corrected chi connectivity index (χ4v) is 1.30. The molecule has 1 aliphatic rings. The summed E-state index contributed by atoms with van der Waals surface area (Å²) in [7, 11) is 0. The molecule has 0 saturated heterocycles. The molecule has 10 heavy (non-hydrogen) atoms. The average molecular weight is 162 g/mol. The first-order valence-corrected chi connectivity index (χ1v) is 3.46. The van der Waals surface area contributed by atoms with Crippen LogP contribution < -0.4 is 0 Å². The van der Waals surface area contributed by atoms with Crippen LogP contribution in [-0.4, -0.2) is 51.4 Å². The van der Waals surface area contributed by atoms with Gasteiger partial charge in [-0.2, -0.15) is 0 Å². The van der Waals surface area contributed by atoms with Gasteiger partial charge in [0.05, 0.1) is 0 Å². The van der Waals surface area contributed by atoms with Crippen molar-refractivity contribution in [1.29, 1.82) is 0 Å². The molecule has 0 aromatic rings. The van der Waals surface area contributed by atoms with Gasteiger partial charge < -0.3 is 0 Å². The second-order valence-electron chi connectivity index (χ2n) is 2.99. The van der Waals surface area contributed by atoms with E-state index in [-0.39, 0.29) is 51.4 Å². The predicted octanol–water partition coefficient (Wildman–Crippen LogP) is 2.41. The maximum absolute atomic E-state index is 2.22. The molecule has 0 aromatic carbocycles. The van der Waals surface area contributed by atoms with Gasteiger partial charge in [0, 0.05) is 0 Å². The van der Waals surface area contributed by atoms with E-state index in [0.717, 1.165) is 0 Å². The third-order valence-corrected chi connectivity index (χ3v) is 2.37. The predicted molar refractivity (Wildman–Crippen MR) is 48.5 cm³/mol. The molecule has 0 amide bonds. The van der Waals surface area contributed by atoms with Gasteiger partial charge in [-0.3, -0.25) is 0 Å². The quantitative estimate of drug-likeness (QED) is 0.480.